The number of hydrogen-bond acceptors (Lipinski definition) is 3. The van der Waals surface area contributed by atoms with Crippen LogP contribution in [0.3, 0.4) is 0 Å². The third-order valence-corrected chi connectivity index (χ3v) is 3.88. The Morgan fingerprint density at radius 2 is 1.72 bits per heavy atom. The van der Waals surface area contributed by atoms with Crippen molar-refractivity contribution in [3.05, 3.63) is 0 Å². The number of unbranched alkanes of at least 4 members (excludes halogenated alkanes) is 3. The quantitative estimate of drug-likeness (QED) is 0.427. The Bertz CT molecular complexity index is 205. The summed E-state index contributed by atoms with van der Waals surface area (Å²) in [5.74, 6) is 3.19. The van der Waals surface area contributed by atoms with Gasteiger partial charge in [0.2, 0.25) is 0 Å². The lowest BCUT2D eigenvalue weighted by Gasteiger charge is -2.04. The molecule has 3 heteroatoms. The van der Waals surface area contributed by atoms with Gasteiger partial charge in [0.15, 0.2) is 0 Å². The minimum atomic E-state index is 0.342. The van der Waals surface area contributed by atoms with Gasteiger partial charge < -0.3 is 5.11 Å². The van der Waals surface area contributed by atoms with Crippen molar-refractivity contribution >= 4 is 17.5 Å². The molecule has 0 aromatic rings. The number of hydrogen-bond donors (Lipinski definition) is 1. The van der Waals surface area contributed by atoms with Gasteiger partial charge in [-0.1, -0.05) is 20.3 Å². The molecule has 0 atom stereocenters. The molecule has 0 aromatic heterocycles. The average molecular weight is 273 g/mol. The SMILES string of the molecule is CC(CC(C)C)=NCCCCCSCCCCO. The Balaban J connectivity index is 3.20. The van der Waals surface area contributed by atoms with Gasteiger partial charge >= 0.3 is 0 Å². The summed E-state index contributed by atoms with van der Waals surface area (Å²) in [6, 6.07) is 0. The molecule has 0 amide bonds. The summed E-state index contributed by atoms with van der Waals surface area (Å²) in [5, 5.41) is 8.64. The maximum absolute atomic E-state index is 8.64. The number of thioether (sulfide) groups is 1. The average Bonchev–Trinajstić information content (AvgIpc) is 2.30. The van der Waals surface area contributed by atoms with Crippen LogP contribution < -0.4 is 0 Å². The Morgan fingerprint density at radius 3 is 2.33 bits per heavy atom. The van der Waals surface area contributed by atoms with Crippen LogP contribution in [0.4, 0.5) is 0 Å². The number of aliphatic imine (C=N–C) groups is 1. The van der Waals surface area contributed by atoms with Crippen molar-refractivity contribution in [3.63, 3.8) is 0 Å². The van der Waals surface area contributed by atoms with Gasteiger partial charge in [-0.3, -0.25) is 4.99 Å². The van der Waals surface area contributed by atoms with E-state index in [4.69, 9.17) is 5.11 Å². The lowest BCUT2D eigenvalue weighted by Crippen LogP contribution is -1.99. The van der Waals surface area contributed by atoms with Gasteiger partial charge in [0.05, 0.1) is 0 Å². The van der Waals surface area contributed by atoms with Crippen molar-refractivity contribution in [2.75, 3.05) is 24.7 Å². The van der Waals surface area contributed by atoms with Gasteiger partial charge in [0, 0.05) is 18.9 Å². The molecule has 108 valence electrons. The highest BCUT2D eigenvalue weighted by Gasteiger charge is 1.96. The molecule has 0 aliphatic heterocycles. The van der Waals surface area contributed by atoms with E-state index in [1.54, 1.807) is 0 Å². The zero-order valence-electron chi connectivity index (χ0n) is 12.5. The number of aliphatic hydroxyl groups is 1. The monoisotopic (exact) mass is 273 g/mol. The summed E-state index contributed by atoms with van der Waals surface area (Å²) in [6.45, 7) is 7.99. The van der Waals surface area contributed by atoms with Crippen LogP contribution in [0.1, 0.15) is 59.3 Å². The summed E-state index contributed by atoms with van der Waals surface area (Å²) in [6.07, 6.45) is 7.08. The normalized spacial score (nSPS) is 12.4. The minimum Gasteiger partial charge on any atom is -0.396 e. The summed E-state index contributed by atoms with van der Waals surface area (Å²) in [7, 11) is 0. The first-order chi connectivity index (χ1) is 8.66. The van der Waals surface area contributed by atoms with Crippen molar-refractivity contribution in [3.8, 4) is 0 Å². The lowest BCUT2D eigenvalue weighted by atomic mass is 10.1. The highest BCUT2D eigenvalue weighted by Crippen LogP contribution is 2.09. The van der Waals surface area contributed by atoms with E-state index in [0.29, 0.717) is 6.61 Å². The van der Waals surface area contributed by atoms with E-state index in [1.165, 1.54) is 36.5 Å². The van der Waals surface area contributed by atoms with Crippen LogP contribution in [0.25, 0.3) is 0 Å². The molecule has 0 aromatic carbocycles. The molecular formula is C15H31NOS. The smallest absolute Gasteiger partial charge is 0.0431 e. The molecule has 0 heterocycles. The molecule has 0 rings (SSSR count). The summed E-state index contributed by atoms with van der Waals surface area (Å²) >= 11 is 2.02. The van der Waals surface area contributed by atoms with Crippen LogP contribution in [0.5, 0.6) is 0 Å². The van der Waals surface area contributed by atoms with Crippen LogP contribution >= 0.6 is 11.8 Å². The standard InChI is InChI=1S/C15H31NOS/c1-14(2)13-15(3)16-9-5-4-7-11-18-12-8-6-10-17/h14,17H,4-13H2,1-3H3. The number of nitrogens with zero attached hydrogens (tertiary/aromatic N) is 1. The van der Waals surface area contributed by atoms with E-state index in [0.717, 1.165) is 31.7 Å². The van der Waals surface area contributed by atoms with Crippen LogP contribution in [0.2, 0.25) is 0 Å². The maximum atomic E-state index is 8.64. The second-order valence-electron chi connectivity index (χ2n) is 5.32. The maximum Gasteiger partial charge on any atom is 0.0431 e. The second-order valence-corrected chi connectivity index (χ2v) is 6.54. The number of aliphatic hydroxyl groups excluding tert-OH is 1. The molecule has 0 spiro atoms. The summed E-state index contributed by atoms with van der Waals surface area (Å²) < 4.78 is 0. The largest absolute Gasteiger partial charge is 0.396 e. The molecule has 0 saturated heterocycles. The molecule has 0 bridgehead atoms. The van der Waals surface area contributed by atoms with Crippen LogP contribution in [-0.4, -0.2) is 35.5 Å². The van der Waals surface area contributed by atoms with Gasteiger partial charge in [-0.25, -0.2) is 0 Å². The highest BCUT2D eigenvalue weighted by atomic mass is 32.2. The molecule has 0 aliphatic rings. The zero-order chi connectivity index (χ0) is 13.6. The van der Waals surface area contributed by atoms with Crippen LogP contribution in [0, 0.1) is 5.92 Å². The Hall–Kier alpha value is -0.0200. The van der Waals surface area contributed by atoms with Crippen LogP contribution in [-0.2, 0) is 0 Å². The molecule has 1 N–H and O–H groups in total. The predicted octanol–water partition coefficient (Wildman–Crippen LogP) is 4.17. The van der Waals surface area contributed by atoms with E-state index in [2.05, 4.69) is 25.8 Å². The van der Waals surface area contributed by atoms with E-state index in [-0.39, 0.29) is 0 Å². The first-order valence-electron chi connectivity index (χ1n) is 7.35. The van der Waals surface area contributed by atoms with E-state index >= 15 is 0 Å². The fraction of sp³-hybridized carbons (Fsp3) is 0.933. The molecule has 0 unspecified atom stereocenters. The lowest BCUT2D eigenvalue weighted by molar-refractivity contribution is 0.287. The van der Waals surface area contributed by atoms with Crippen molar-refractivity contribution in [1.82, 2.24) is 0 Å². The van der Waals surface area contributed by atoms with E-state index in [9.17, 15) is 0 Å². The first-order valence-corrected chi connectivity index (χ1v) is 8.50. The van der Waals surface area contributed by atoms with Gasteiger partial charge in [-0.15, -0.1) is 0 Å². The Morgan fingerprint density at radius 1 is 1.06 bits per heavy atom. The summed E-state index contributed by atoms with van der Waals surface area (Å²) in [5.41, 5.74) is 1.31. The van der Waals surface area contributed by atoms with Crippen molar-refractivity contribution < 1.29 is 5.11 Å². The number of rotatable bonds is 12. The topological polar surface area (TPSA) is 32.6 Å². The van der Waals surface area contributed by atoms with E-state index in [1.807, 2.05) is 11.8 Å². The third kappa shape index (κ3) is 14.0. The van der Waals surface area contributed by atoms with Gasteiger partial charge in [0.1, 0.15) is 0 Å². The molecule has 0 fully saturated rings. The minimum absolute atomic E-state index is 0.342. The fourth-order valence-corrected chi connectivity index (χ4v) is 2.86. The van der Waals surface area contributed by atoms with Crippen molar-refractivity contribution in [2.45, 2.75) is 59.3 Å². The van der Waals surface area contributed by atoms with Gasteiger partial charge in [0.25, 0.3) is 0 Å². The van der Waals surface area contributed by atoms with Crippen molar-refractivity contribution in [1.29, 1.82) is 0 Å². The molecule has 0 radical (unpaired) electrons. The Kier molecular flexibility index (Phi) is 13.4. The van der Waals surface area contributed by atoms with Gasteiger partial charge in [-0.2, -0.15) is 11.8 Å². The summed E-state index contributed by atoms with van der Waals surface area (Å²) in [4.78, 5) is 4.60. The van der Waals surface area contributed by atoms with E-state index < -0.39 is 0 Å². The predicted molar refractivity (Wildman–Crippen MR) is 84.9 cm³/mol. The molecule has 2 nitrogen and oxygen atoms in total. The highest BCUT2D eigenvalue weighted by molar-refractivity contribution is 7.99. The molecule has 0 saturated carbocycles. The zero-order valence-corrected chi connectivity index (χ0v) is 13.3. The third-order valence-electron chi connectivity index (χ3n) is 2.73. The first kappa shape index (κ1) is 18.0. The van der Waals surface area contributed by atoms with Crippen molar-refractivity contribution in [2.24, 2.45) is 10.9 Å². The Labute approximate surface area is 118 Å². The van der Waals surface area contributed by atoms with Crippen LogP contribution in [0.15, 0.2) is 4.99 Å². The molecular weight excluding hydrogens is 242 g/mol. The van der Waals surface area contributed by atoms with Gasteiger partial charge in [-0.05, 0) is 56.5 Å². The fourth-order valence-electron chi connectivity index (χ4n) is 1.84. The molecule has 18 heavy (non-hydrogen) atoms. The molecule has 0 aliphatic carbocycles. The second kappa shape index (κ2) is 13.4.